The molecule has 0 aliphatic heterocycles. The Hall–Kier alpha value is -2.24. The smallest absolute Gasteiger partial charge is 0.276 e. The number of carbonyl (C=O) groups excluding carboxylic acids is 1. The first kappa shape index (κ1) is 11.8. The molecule has 1 aliphatic rings. The van der Waals surface area contributed by atoms with Crippen LogP contribution in [-0.4, -0.2) is 32.3 Å². The van der Waals surface area contributed by atoms with E-state index in [2.05, 4.69) is 15.4 Å². The molecule has 0 bridgehead atoms. The van der Waals surface area contributed by atoms with Gasteiger partial charge in [-0.1, -0.05) is 18.2 Å². The molecule has 1 saturated carbocycles. The van der Waals surface area contributed by atoms with Crippen molar-refractivity contribution in [1.82, 2.24) is 20.3 Å². The summed E-state index contributed by atoms with van der Waals surface area (Å²) in [6.07, 6.45) is 3.30. The maximum atomic E-state index is 13.7. The Kier molecular flexibility index (Phi) is 2.98. The highest BCUT2D eigenvalue weighted by Gasteiger charge is 2.34. The summed E-state index contributed by atoms with van der Waals surface area (Å²) in [7, 11) is 0. The fraction of sp³-hybridized carbons (Fsp3) is 0.308. The number of hydrogen-bond donors (Lipinski definition) is 1. The molecule has 0 saturated heterocycles. The van der Waals surface area contributed by atoms with E-state index in [1.165, 1.54) is 12.3 Å². The van der Waals surface area contributed by atoms with Gasteiger partial charge in [0.2, 0.25) is 0 Å². The number of rotatable bonds is 4. The molecule has 0 unspecified atom stereocenters. The molecule has 6 heteroatoms. The topological polar surface area (TPSA) is 61.9 Å². The molecule has 1 N–H and O–H groups in total. The van der Waals surface area contributed by atoms with Crippen molar-refractivity contribution in [1.29, 1.82) is 0 Å². The SMILES string of the molecule is O=C(c1cn[nH]n1)N(Cc1ccccc1F)C1CC1. The lowest BCUT2D eigenvalue weighted by Crippen LogP contribution is -2.33. The Morgan fingerprint density at radius 2 is 2.21 bits per heavy atom. The summed E-state index contributed by atoms with van der Waals surface area (Å²) in [5, 5.41) is 9.84. The van der Waals surface area contributed by atoms with E-state index in [-0.39, 0.29) is 30.0 Å². The summed E-state index contributed by atoms with van der Waals surface area (Å²) < 4.78 is 13.7. The third kappa shape index (κ3) is 2.47. The Labute approximate surface area is 109 Å². The molecule has 1 aromatic carbocycles. The second-order valence-electron chi connectivity index (χ2n) is 4.61. The number of carbonyl (C=O) groups is 1. The minimum Gasteiger partial charge on any atom is -0.330 e. The number of aromatic nitrogens is 3. The largest absolute Gasteiger partial charge is 0.330 e. The van der Waals surface area contributed by atoms with E-state index in [9.17, 15) is 9.18 Å². The zero-order valence-corrected chi connectivity index (χ0v) is 10.2. The molecule has 2 aromatic rings. The quantitative estimate of drug-likeness (QED) is 0.911. The van der Waals surface area contributed by atoms with Crippen LogP contribution < -0.4 is 0 Å². The molecule has 1 aliphatic carbocycles. The van der Waals surface area contributed by atoms with Gasteiger partial charge < -0.3 is 4.90 Å². The Morgan fingerprint density at radius 3 is 2.84 bits per heavy atom. The van der Waals surface area contributed by atoms with Crippen molar-refractivity contribution in [3.8, 4) is 0 Å². The van der Waals surface area contributed by atoms with Gasteiger partial charge in [0.15, 0.2) is 5.69 Å². The van der Waals surface area contributed by atoms with Gasteiger partial charge in [-0.15, -0.1) is 0 Å². The van der Waals surface area contributed by atoms with Crippen LogP contribution in [0.2, 0.25) is 0 Å². The third-order valence-corrected chi connectivity index (χ3v) is 3.18. The van der Waals surface area contributed by atoms with E-state index >= 15 is 0 Å². The number of amides is 1. The Morgan fingerprint density at radius 1 is 1.42 bits per heavy atom. The number of hydrogen-bond acceptors (Lipinski definition) is 3. The number of halogens is 1. The molecule has 19 heavy (non-hydrogen) atoms. The highest BCUT2D eigenvalue weighted by molar-refractivity contribution is 5.92. The molecule has 0 atom stereocenters. The van der Waals surface area contributed by atoms with Gasteiger partial charge in [-0.05, 0) is 18.9 Å². The van der Waals surface area contributed by atoms with Gasteiger partial charge in [0.25, 0.3) is 5.91 Å². The molecular formula is C13H13FN4O. The lowest BCUT2D eigenvalue weighted by atomic mass is 10.2. The number of nitrogens with one attached hydrogen (secondary N) is 1. The van der Waals surface area contributed by atoms with Gasteiger partial charge in [-0.25, -0.2) is 4.39 Å². The third-order valence-electron chi connectivity index (χ3n) is 3.18. The first-order chi connectivity index (χ1) is 9.25. The van der Waals surface area contributed by atoms with Crippen LogP contribution in [0, 0.1) is 5.82 Å². The number of aromatic amines is 1. The van der Waals surface area contributed by atoms with Crippen LogP contribution in [0.25, 0.3) is 0 Å². The van der Waals surface area contributed by atoms with Crippen molar-refractivity contribution in [2.24, 2.45) is 0 Å². The molecule has 1 fully saturated rings. The summed E-state index contributed by atoms with van der Waals surface area (Å²) in [5.74, 6) is -0.499. The molecule has 1 amide bonds. The van der Waals surface area contributed by atoms with Crippen LogP contribution in [0.5, 0.6) is 0 Å². The summed E-state index contributed by atoms with van der Waals surface area (Å²) in [5.41, 5.74) is 0.787. The lowest BCUT2D eigenvalue weighted by Gasteiger charge is -2.21. The van der Waals surface area contributed by atoms with Crippen molar-refractivity contribution < 1.29 is 9.18 Å². The van der Waals surface area contributed by atoms with E-state index in [0.29, 0.717) is 5.56 Å². The zero-order chi connectivity index (χ0) is 13.2. The number of H-pyrrole nitrogens is 1. The molecular weight excluding hydrogens is 247 g/mol. The first-order valence-electron chi connectivity index (χ1n) is 6.16. The minimum absolute atomic E-state index is 0.184. The summed E-state index contributed by atoms with van der Waals surface area (Å²) in [6.45, 7) is 0.267. The first-order valence-corrected chi connectivity index (χ1v) is 6.16. The van der Waals surface area contributed by atoms with Crippen molar-refractivity contribution in [2.75, 3.05) is 0 Å². The molecule has 1 heterocycles. The molecule has 5 nitrogen and oxygen atoms in total. The maximum Gasteiger partial charge on any atom is 0.276 e. The summed E-state index contributed by atoms with van der Waals surface area (Å²) >= 11 is 0. The van der Waals surface area contributed by atoms with Crippen LogP contribution in [-0.2, 0) is 6.54 Å². The van der Waals surface area contributed by atoms with Gasteiger partial charge in [0.1, 0.15) is 5.82 Å². The van der Waals surface area contributed by atoms with Gasteiger partial charge in [-0.2, -0.15) is 15.4 Å². The standard InChI is InChI=1S/C13H13FN4O/c14-11-4-2-1-3-9(11)8-18(10-5-6-10)13(19)12-7-15-17-16-12/h1-4,7,10H,5-6,8H2,(H,15,16,17). The van der Waals surface area contributed by atoms with Crippen molar-refractivity contribution >= 4 is 5.91 Å². The average molecular weight is 260 g/mol. The highest BCUT2D eigenvalue weighted by Crippen LogP contribution is 2.29. The molecule has 0 spiro atoms. The van der Waals surface area contributed by atoms with Crippen LogP contribution >= 0.6 is 0 Å². The van der Waals surface area contributed by atoms with E-state index < -0.39 is 0 Å². The second kappa shape index (κ2) is 4.79. The van der Waals surface area contributed by atoms with E-state index in [1.54, 1.807) is 23.1 Å². The van der Waals surface area contributed by atoms with Crippen LogP contribution in [0.3, 0.4) is 0 Å². The molecule has 0 radical (unpaired) electrons. The van der Waals surface area contributed by atoms with Crippen molar-refractivity contribution in [2.45, 2.75) is 25.4 Å². The predicted molar refractivity (Wildman–Crippen MR) is 65.7 cm³/mol. The second-order valence-corrected chi connectivity index (χ2v) is 4.61. The van der Waals surface area contributed by atoms with E-state index in [1.807, 2.05) is 0 Å². The molecule has 3 rings (SSSR count). The molecule has 1 aromatic heterocycles. The molecule has 98 valence electrons. The summed E-state index contributed by atoms with van der Waals surface area (Å²) in [4.78, 5) is 13.9. The Balaban J connectivity index is 1.82. The monoisotopic (exact) mass is 260 g/mol. The van der Waals surface area contributed by atoms with Gasteiger partial charge in [-0.3, -0.25) is 4.79 Å². The van der Waals surface area contributed by atoms with E-state index in [0.717, 1.165) is 12.8 Å². The van der Waals surface area contributed by atoms with Gasteiger partial charge in [0.05, 0.1) is 6.20 Å². The normalized spacial score (nSPS) is 14.4. The average Bonchev–Trinajstić information content (AvgIpc) is 3.11. The fourth-order valence-electron chi connectivity index (χ4n) is 2.01. The number of nitrogens with zero attached hydrogens (tertiary/aromatic N) is 3. The highest BCUT2D eigenvalue weighted by atomic mass is 19.1. The predicted octanol–water partition coefficient (Wildman–Crippen LogP) is 1.75. The van der Waals surface area contributed by atoms with Gasteiger partial charge in [0, 0.05) is 18.2 Å². The Bertz CT molecular complexity index is 580. The van der Waals surface area contributed by atoms with Crippen LogP contribution in [0.1, 0.15) is 28.9 Å². The van der Waals surface area contributed by atoms with Crippen molar-refractivity contribution in [3.05, 3.63) is 47.5 Å². The van der Waals surface area contributed by atoms with Gasteiger partial charge >= 0.3 is 0 Å². The zero-order valence-electron chi connectivity index (χ0n) is 10.2. The maximum absolute atomic E-state index is 13.7. The summed E-state index contributed by atoms with van der Waals surface area (Å²) in [6, 6.07) is 6.69. The van der Waals surface area contributed by atoms with E-state index in [4.69, 9.17) is 0 Å². The minimum atomic E-state index is -0.291. The van der Waals surface area contributed by atoms with Crippen LogP contribution in [0.15, 0.2) is 30.5 Å². The fourth-order valence-corrected chi connectivity index (χ4v) is 2.01. The van der Waals surface area contributed by atoms with Crippen molar-refractivity contribution in [3.63, 3.8) is 0 Å². The lowest BCUT2D eigenvalue weighted by molar-refractivity contribution is 0.0722. The number of benzene rings is 1. The van der Waals surface area contributed by atoms with Crippen LogP contribution in [0.4, 0.5) is 4.39 Å².